The van der Waals surface area contributed by atoms with E-state index in [1.807, 2.05) is 0 Å². The molecule has 12 heteroatoms. The molecule has 0 N–H and O–H groups in total. The van der Waals surface area contributed by atoms with Crippen LogP contribution in [0.3, 0.4) is 0 Å². The predicted octanol–water partition coefficient (Wildman–Crippen LogP) is 1.21. The van der Waals surface area contributed by atoms with Crippen LogP contribution in [0.5, 0.6) is 5.75 Å². The molecule has 0 amide bonds. The number of ether oxygens (including phenoxy) is 1. The maximum atomic E-state index is 13.5. The number of sulfonamides is 2. The van der Waals surface area contributed by atoms with Crippen LogP contribution < -0.4 is 9.04 Å². The lowest BCUT2D eigenvalue weighted by Gasteiger charge is -2.30. The lowest BCUT2D eigenvalue weighted by Crippen LogP contribution is -2.41. The van der Waals surface area contributed by atoms with Crippen molar-refractivity contribution >= 4 is 35.6 Å². The maximum Gasteiger partial charge on any atom is 0.247 e. The van der Waals surface area contributed by atoms with E-state index in [4.69, 9.17) is 4.74 Å². The summed E-state index contributed by atoms with van der Waals surface area (Å²) in [6.45, 7) is 3.99. The fraction of sp³-hybridized carbons (Fsp3) is 0.667. The number of anilines is 1. The number of rotatable bonds is 7. The van der Waals surface area contributed by atoms with Crippen LogP contribution in [-0.4, -0.2) is 72.6 Å². The van der Waals surface area contributed by atoms with E-state index >= 15 is 0 Å². The summed E-state index contributed by atoms with van der Waals surface area (Å²) in [5.41, 5.74) is 0.270. The van der Waals surface area contributed by atoms with Gasteiger partial charge in [0.2, 0.25) is 20.0 Å². The monoisotopic (exact) mass is 480 g/mol. The molecule has 1 unspecified atom stereocenters. The van der Waals surface area contributed by atoms with Crippen molar-refractivity contribution in [1.29, 1.82) is 0 Å². The van der Waals surface area contributed by atoms with Crippen molar-refractivity contribution in [3.63, 3.8) is 0 Å². The highest BCUT2D eigenvalue weighted by Gasteiger charge is 2.39. The van der Waals surface area contributed by atoms with Gasteiger partial charge in [-0.3, -0.25) is 4.31 Å². The Balaban J connectivity index is 2.07. The van der Waals surface area contributed by atoms with E-state index in [-0.39, 0.29) is 59.7 Å². The molecule has 0 aliphatic carbocycles. The zero-order valence-corrected chi connectivity index (χ0v) is 19.6. The Labute approximate surface area is 179 Å². The van der Waals surface area contributed by atoms with Gasteiger partial charge in [0.15, 0.2) is 9.84 Å². The Hall–Kier alpha value is -1.37. The zero-order chi connectivity index (χ0) is 22.2. The first-order valence-electron chi connectivity index (χ1n) is 10.0. The Kier molecular flexibility index (Phi) is 6.71. The Morgan fingerprint density at radius 3 is 2.43 bits per heavy atom. The number of benzene rings is 1. The van der Waals surface area contributed by atoms with Gasteiger partial charge in [-0.15, -0.1) is 0 Å². The van der Waals surface area contributed by atoms with Crippen LogP contribution in [0.1, 0.15) is 33.1 Å². The molecule has 0 spiro atoms. The molecular formula is C18H28N2O7S3. The normalized spacial score (nSPS) is 23.6. The van der Waals surface area contributed by atoms with Gasteiger partial charge in [-0.2, -0.15) is 4.31 Å². The number of nitrogens with zero attached hydrogens (tertiary/aromatic N) is 2. The van der Waals surface area contributed by atoms with E-state index in [0.717, 1.165) is 0 Å². The summed E-state index contributed by atoms with van der Waals surface area (Å²) in [5, 5.41) is 0. The first-order valence-corrected chi connectivity index (χ1v) is 14.9. The third-order valence-corrected chi connectivity index (χ3v) is 11.0. The van der Waals surface area contributed by atoms with E-state index in [9.17, 15) is 25.3 Å². The molecule has 9 nitrogen and oxygen atoms in total. The molecule has 0 bridgehead atoms. The number of hydrogen-bond donors (Lipinski definition) is 0. The second kappa shape index (κ2) is 8.64. The summed E-state index contributed by atoms with van der Waals surface area (Å²) in [7, 11) is -10.9. The lowest BCUT2D eigenvalue weighted by atomic mass is 10.2. The molecule has 2 fully saturated rings. The fourth-order valence-electron chi connectivity index (χ4n) is 3.96. The largest absolute Gasteiger partial charge is 0.492 e. The minimum absolute atomic E-state index is 0.0172. The smallest absolute Gasteiger partial charge is 0.247 e. The molecule has 0 aromatic heterocycles. The van der Waals surface area contributed by atoms with Crippen LogP contribution in [0.25, 0.3) is 0 Å². The van der Waals surface area contributed by atoms with Crippen molar-refractivity contribution in [2.75, 3.05) is 41.3 Å². The Bertz CT molecular complexity index is 1100. The van der Waals surface area contributed by atoms with Crippen LogP contribution in [-0.2, 0) is 29.9 Å². The van der Waals surface area contributed by atoms with Gasteiger partial charge in [-0.05, 0) is 44.4 Å². The Morgan fingerprint density at radius 2 is 1.87 bits per heavy atom. The molecule has 170 valence electrons. The maximum absolute atomic E-state index is 13.5. The van der Waals surface area contributed by atoms with Gasteiger partial charge in [-0.1, -0.05) is 6.92 Å². The second-order valence-electron chi connectivity index (χ2n) is 7.42. The number of sulfone groups is 1. The van der Waals surface area contributed by atoms with Crippen molar-refractivity contribution in [1.82, 2.24) is 4.31 Å². The number of hydrogen-bond acceptors (Lipinski definition) is 7. The molecule has 0 radical (unpaired) electrons. The van der Waals surface area contributed by atoms with Crippen LogP contribution in [0.2, 0.25) is 0 Å². The van der Waals surface area contributed by atoms with Crippen LogP contribution in [0, 0.1) is 0 Å². The average Bonchev–Trinajstić information content (AvgIpc) is 3.01. The average molecular weight is 481 g/mol. The van der Waals surface area contributed by atoms with Gasteiger partial charge in [0, 0.05) is 19.1 Å². The molecule has 30 heavy (non-hydrogen) atoms. The SMILES string of the molecule is CCOc1ccc(N2CCCCS2(=O)=O)cc1S(=O)(=O)N(CC)C1CCS(=O)(=O)C1. The fourth-order valence-corrected chi connectivity index (χ4v) is 9.23. The van der Waals surface area contributed by atoms with Crippen molar-refractivity contribution in [3.05, 3.63) is 18.2 Å². The van der Waals surface area contributed by atoms with Gasteiger partial charge in [0.1, 0.15) is 10.6 Å². The highest BCUT2D eigenvalue weighted by atomic mass is 32.2. The van der Waals surface area contributed by atoms with Gasteiger partial charge in [-0.25, -0.2) is 25.3 Å². The topological polar surface area (TPSA) is 118 Å². The highest BCUT2D eigenvalue weighted by Crippen LogP contribution is 2.35. The molecule has 2 aliphatic rings. The van der Waals surface area contributed by atoms with Crippen molar-refractivity contribution in [2.24, 2.45) is 0 Å². The van der Waals surface area contributed by atoms with E-state index in [0.29, 0.717) is 12.8 Å². The minimum atomic E-state index is -4.11. The van der Waals surface area contributed by atoms with Gasteiger partial charge in [0.05, 0.1) is 29.6 Å². The molecule has 1 aromatic carbocycles. The second-order valence-corrected chi connectivity index (χ2v) is 13.5. The van der Waals surface area contributed by atoms with Gasteiger partial charge >= 0.3 is 0 Å². The summed E-state index contributed by atoms with van der Waals surface area (Å²) < 4.78 is 83.8. The van der Waals surface area contributed by atoms with Gasteiger partial charge in [0.25, 0.3) is 0 Å². The summed E-state index contributed by atoms with van der Waals surface area (Å²) >= 11 is 0. The molecule has 0 saturated carbocycles. The van der Waals surface area contributed by atoms with Crippen molar-refractivity contribution < 1.29 is 30.0 Å². The molecule has 1 atom stereocenters. The summed E-state index contributed by atoms with van der Waals surface area (Å²) in [5.74, 6) is -0.128. The molecule has 2 heterocycles. The third kappa shape index (κ3) is 4.61. The molecule has 2 saturated heterocycles. The van der Waals surface area contributed by atoms with Crippen molar-refractivity contribution in [3.8, 4) is 5.75 Å². The van der Waals surface area contributed by atoms with E-state index in [2.05, 4.69) is 0 Å². The summed E-state index contributed by atoms with van der Waals surface area (Å²) in [6, 6.07) is 3.69. The standard InChI is InChI=1S/C18H28N2O7S3/c1-3-19(16-9-12-28(21,22)14-16)30(25,26)18-13-15(7-8-17(18)27-4-2)20-10-5-6-11-29(20,23)24/h7-8,13,16H,3-6,9-12,14H2,1-2H3. The molecule has 1 aromatic rings. The zero-order valence-electron chi connectivity index (χ0n) is 17.2. The Morgan fingerprint density at radius 1 is 1.13 bits per heavy atom. The minimum Gasteiger partial charge on any atom is -0.492 e. The molecule has 2 aliphatic heterocycles. The molecule has 3 rings (SSSR count). The van der Waals surface area contributed by atoms with Crippen LogP contribution >= 0.6 is 0 Å². The van der Waals surface area contributed by atoms with Crippen LogP contribution in [0.15, 0.2) is 23.1 Å². The van der Waals surface area contributed by atoms with Gasteiger partial charge < -0.3 is 4.74 Å². The third-order valence-electron chi connectivity index (χ3n) is 5.38. The van der Waals surface area contributed by atoms with E-state index < -0.39 is 35.9 Å². The lowest BCUT2D eigenvalue weighted by molar-refractivity contribution is 0.324. The van der Waals surface area contributed by atoms with E-state index in [1.165, 1.54) is 20.7 Å². The highest BCUT2D eigenvalue weighted by molar-refractivity contribution is 7.93. The van der Waals surface area contributed by atoms with Crippen molar-refractivity contribution in [2.45, 2.75) is 44.0 Å². The summed E-state index contributed by atoms with van der Waals surface area (Å²) in [6.07, 6.45) is 1.50. The first kappa shape index (κ1) is 23.3. The molecular weight excluding hydrogens is 452 g/mol. The van der Waals surface area contributed by atoms with E-state index in [1.54, 1.807) is 19.9 Å². The summed E-state index contributed by atoms with van der Waals surface area (Å²) in [4.78, 5) is -0.145. The van der Waals surface area contributed by atoms with Crippen LogP contribution in [0.4, 0.5) is 5.69 Å². The first-order chi connectivity index (χ1) is 14.0. The quantitative estimate of drug-likeness (QED) is 0.576. The predicted molar refractivity (Wildman–Crippen MR) is 115 cm³/mol.